The van der Waals surface area contributed by atoms with Gasteiger partial charge in [0.25, 0.3) is 0 Å². The third-order valence-electron chi connectivity index (χ3n) is 6.91. The van der Waals surface area contributed by atoms with Crippen molar-refractivity contribution in [3.63, 3.8) is 0 Å². The molecule has 1 aliphatic heterocycles. The van der Waals surface area contributed by atoms with Crippen LogP contribution in [0, 0.1) is 23.7 Å². The van der Waals surface area contributed by atoms with Crippen LogP contribution in [0.3, 0.4) is 0 Å². The van der Waals surface area contributed by atoms with Crippen LogP contribution in [0.5, 0.6) is 0 Å². The molecule has 5 unspecified atom stereocenters. The van der Waals surface area contributed by atoms with E-state index in [1.165, 1.54) is 77.4 Å². The van der Waals surface area contributed by atoms with Crippen molar-refractivity contribution in [3.8, 4) is 0 Å². The summed E-state index contributed by atoms with van der Waals surface area (Å²) in [5, 5.41) is 3.62. The number of hydrogen-bond acceptors (Lipinski definition) is 2. The molecule has 2 saturated carbocycles. The second-order valence-corrected chi connectivity index (χ2v) is 8.10. The Morgan fingerprint density at radius 1 is 1.00 bits per heavy atom. The molecule has 0 amide bonds. The van der Waals surface area contributed by atoms with E-state index in [2.05, 4.69) is 24.2 Å². The summed E-state index contributed by atoms with van der Waals surface area (Å²) >= 11 is 0. The molecule has 3 rings (SSSR count). The van der Waals surface area contributed by atoms with Crippen molar-refractivity contribution in [2.24, 2.45) is 23.7 Å². The monoisotopic (exact) mass is 292 g/mol. The van der Waals surface area contributed by atoms with E-state index in [4.69, 9.17) is 0 Å². The van der Waals surface area contributed by atoms with E-state index in [1.54, 1.807) is 0 Å². The van der Waals surface area contributed by atoms with E-state index in [0.29, 0.717) is 0 Å². The van der Waals surface area contributed by atoms with Crippen LogP contribution in [0.1, 0.15) is 64.7 Å². The first-order valence-electron chi connectivity index (χ1n) is 9.69. The summed E-state index contributed by atoms with van der Waals surface area (Å²) in [4.78, 5) is 2.83. The van der Waals surface area contributed by atoms with Crippen LogP contribution in [0.2, 0.25) is 0 Å². The average Bonchev–Trinajstić information content (AvgIpc) is 2.54. The SMILES string of the molecule is CCC1CCC(NC)C(CN2CCC3CCCCC3C2)C1. The molecule has 0 aromatic rings. The summed E-state index contributed by atoms with van der Waals surface area (Å²) in [6, 6.07) is 0.775. The van der Waals surface area contributed by atoms with Gasteiger partial charge < -0.3 is 10.2 Å². The zero-order chi connectivity index (χ0) is 14.7. The van der Waals surface area contributed by atoms with E-state index < -0.39 is 0 Å². The lowest BCUT2D eigenvalue weighted by atomic mass is 9.73. The fraction of sp³-hybridized carbons (Fsp3) is 1.00. The molecule has 0 spiro atoms. The van der Waals surface area contributed by atoms with Crippen molar-refractivity contribution < 1.29 is 0 Å². The number of nitrogens with zero attached hydrogens (tertiary/aromatic N) is 1. The van der Waals surface area contributed by atoms with Gasteiger partial charge in [0.05, 0.1) is 0 Å². The molecule has 0 radical (unpaired) electrons. The molecule has 5 atom stereocenters. The Kier molecular flexibility index (Phi) is 5.61. The van der Waals surface area contributed by atoms with Crippen molar-refractivity contribution in [3.05, 3.63) is 0 Å². The lowest BCUT2D eigenvalue weighted by molar-refractivity contribution is 0.0583. The maximum absolute atomic E-state index is 3.62. The van der Waals surface area contributed by atoms with Crippen LogP contribution >= 0.6 is 0 Å². The highest BCUT2D eigenvalue weighted by atomic mass is 15.1. The van der Waals surface area contributed by atoms with Crippen LogP contribution in [0.15, 0.2) is 0 Å². The lowest BCUT2D eigenvalue weighted by Gasteiger charge is -2.44. The van der Waals surface area contributed by atoms with Gasteiger partial charge >= 0.3 is 0 Å². The highest BCUT2D eigenvalue weighted by Gasteiger charge is 2.34. The van der Waals surface area contributed by atoms with Gasteiger partial charge in [0, 0.05) is 19.1 Å². The Morgan fingerprint density at radius 2 is 1.81 bits per heavy atom. The molecule has 1 N–H and O–H groups in total. The topological polar surface area (TPSA) is 15.3 Å². The standard InChI is InChI=1S/C19H36N2/c1-3-15-8-9-19(20-2)18(12-15)14-21-11-10-16-6-4-5-7-17(16)13-21/h15-20H,3-14H2,1-2H3. The quantitative estimate of drug-likeness (QED) is 0.845. The smallest absolute Gasteiger partial charge is 0.0105 e. The van der Waals surface area contributed by atoms with E-state index in [0.717, 1.165) is 29.7 Å². The average molecular weight is 293 g/mol. The fourth-order valence-electron chi connectivity index (χ4n) is 5.49. The van der Waals surface area contributed by atoms with Crippen LogP contribution in [0.25, 0.3) is 0 Å². The van der Waals surface area contributed by atoms with Crippen LogP contribution in [0.4, 0.5) is 0 Å². The zero-order valence-corrected chi connectivity index (χ0v) is 14.3. The summed E-state index contributed by atoms with van der Waals surface area (Å²) in [6.07, 6.45) is 13.2. The molecule has 2 aliphatic carbocycles. The summed E-state index contributed by atoms with van der Waals surface area (Å²) in [7, 11) is 2.18. The number of nitrogens with one attached hydrogen (secondary N) is 1. The van der Waals surface area contributed by atoms with Gasteiger partial charge in [-0.25, -0.2) is 0 Å². The third kappa shape index (κ3) is 3.82. The minimum absolute atomic E-state index is 0.775. The molecule has 21 heavy (non-hydrogen) atoms. The first-order valence-corrected chi connectivity index (χ1v) is 9.69. The number of likely N-dealkylation sites (tertiary alicyclic amines) is 1. The molecule has 2 nitrogen and oxygen atoms in total. The second-order valence-electron chi connectivity index (χ2n) is 8.10. The van der Waals surface area contributed by atoms with Crippen molar-refractivity contribution in [2.45, 2.75) is 70.8 Å². The van der Waals surface area contributed by atoms with E-state index in [-0.39, 0.29) is 0 Å². The molecule has 122 valence electrons. The molecule has 1 heterocycles. The van der Waals surface area contributed by atoms with Gasteiger partial charge in [0.1, 0.15) is 0 Å². The summed E-state index contributed by atoms with van der Waals surface area (Å²) in [5.41, 5.74) is 0. The van der Waals surface area contributed by atoms with E-state index >= 15 is 0 Å². The fourth-order valence-corrected chi connectivity index (χ4v) is 5.49. The zero-order valence-electron chi connectivity index (χ0n) is 14.3. The molecule has 3 fully saturated rings. The van der Waals surface area contributed by atoms with Gasteiger partial charge in [-0.3, -0.25) is 0 Å². The van der Waals surface area contributed by atoms with Crippen molar-refractivity contribution in [1.29, 1.82) is 0 Å². The van der Waals surface area contributed by atoms with Gasteiger partial charge in [-0.2, -0.15) is 0 Å². The van der Waals surface area contributed by atoms with Crippen LogP contribution in [-0.4, -0.2) is 37.6 Å². The van der Waals surface area contributed by atoms with Gasteiger partial charge in [-0.1, -0.05) is 32.6 Å². The maximum Gasteiger partial charge on any atom is 0.0105 e. The number of hydrogen-bond donors (Lipinski definition) is 1. The first kappa shape index (κ1) is 15.8. The Hall–Kier alpha value is -0.0800. The predicted octanol–water partition coefficient (Wildman–Crippen LogP) is 3.91. The highest BCUT2D eigenvalue weighted by molar-refractivity contribution is 4.89. The number of piperidine rings is 1. The minimum Gasteiger partial charge on any atom is -0.317 e. The number of rotatable bonds is 4. The highest BCUT2D eigenvalue weighted by Crippen LogP contribution is 2.37. The van der Waals surface area contributed by atoms with Gasteiger partial charge in [0.2, 0.25) is 0 Å². The predicted molar refractivity (Wildman–Crippen MR) is 90.5 cm³/mol. The van der Waals surface area contributed by atoms with Crippen LogP contribution in [-0.2, 0) is 0 Å². The normalized spacial score (nSPS) is 41.7. The summed E-state index contributed by atoms with van der Waals surface area (Å²) in [5.74, 6) is 4.00. The molecular weight excluding hydrogens is 256 g/mol. The Labute approximate surface area is 132 Å². The molecular formula is C19H36N2. The van der Waals surface area contributed by atoms with Crippen LogP contribution < -0.4 is 5.32 Å². The van der Waals surface area contributed by atoms with E-state index in [1.807, 2.05) is 0 Å². The molecule has 2 heteroatoms. The van der Waals surface area contributed by atoms with Crippen molar-refractivity contribution in [2.75, 3.05) is 26.7 Å². The minimum atomic E-state index is 0.775. The van der Waals surface area contributed by atoms with Crippen molar-refractivity contribution >= 4 is 0 Å². The second kappa shape index (κ2) is 7.46. The maximum atomic E-state index is 3.62. The molecule has 0 bridgehead atoms. The van der Waals surface area contributed by atoms with Gasteiger partial charge in [-0.05, 0) is 69.4 Å². The van der Waals surface area contributed by atoms with E-state index in [9.17, 15) is 0 Å². The molecule has 0 aromatic carbocycles. The summed E-state index contributed by atoms with van der Waals surface area (Å²) in [6.45, 7) is 6.54. The largest absolute Gasteiger partial charge is 0.317 e. The molecule has 3 aliphatic rings. The molecule has 1 saturated heterocycles. The third-order valence-corrected chi connectivity index (χ3v) is 6.91. The van der Waals surface area contributed by atoms with Gasteiger partial charge in [-0.15, -0.1) is 0 Å². The molecule has 0 aromatic heterocycles. The Morgan fingerprint density at radius 3 is 2.57 bits per heavy atom. The Bertz CT molecular complexity index is 317. The summed E-state index contributed by atoms with van der Waals surface area (Å²) < 4.78 is 0. The van der Waals surface area contributed by atoms with Gasteiger partial charge in [0.15, 0.2) is 0 Å². The lowest BCUT2D eigenvalue weighted by Crippen LogP contribution is -2.48. The Balaban J connectivity index is 1.54. The number of fused-ring (bicyclic) bond motifs is 1. The first-order chi connectivity index (χ1) is 10.3. The van der Waals surface area contributed by atoms with Crippen molar-refractivity contribution in [1.82, 2.24) is 10.2 Å².